The first kappa shape index (κ1) is 18.0. The van der Waals surface area contributed by atoms with Crippen molar-refractivity contribution < 1.29 is 14.1 Å². The number of urea groups is 1. The molecular weight excluding hydrogens is 356 g/mol. The summed E-state index contributed by atoms with van der Waals surface area (Å²) in [6, 6.07) is 16.5. The van der Waals surface area contributed by atoms with Gasteiger partial charge in [-0.3, -0.25) is 0 Å². The molecule has 144 valence electrons. The number of likely N-dealkylation sites (tertiary alicyclic amines) is 1. The Morgan fingerprint density at radius 3 is 2.68 bits per heavy atom. The molecule has 0 bridgehead atoms. The van der Waals surface area contributed by atoms with Crippen LogP contribution in [0.5, 0.6) is 5.75 Å². The summed E-state index contributed by atoms with van der Waals surface area (Å²) in [4.78, 5) is 19.2. The maximum Gasteiger partial charge on any atom is 0.322 e. The molecule has 0 saturated carbocycles. The predicted octanol–water partition coefficient (Wildman–Crippen LogP) is 4.50. The fourth-order valence-electron chi connectivity index (χ4n) is 3.38. The van der Waals surface area contributed by atoms with Gasteiger partial charge in [-0.2, -0.15) is 4.98 Å². The number of methoxy groups -OCH3 is 1. The van der Waals surface area contributed by atoms with E-state index in [1.807, 2.05) is 54.6 Å². The molecule has 0 aliphatic carbocycles. The van der Waals surface area contributed by atoms with E-state index in [2.05, 4.69) is 15.5 Å². The van der Waals surface area contributed by atoms with Gasteiger partial charge in [0.05, 0.1) is 7.11 Å². The second-order valence-electron chi connectivity index (χ2n) is 6.69. The van der Waals surface area contributed by atoms with Crippen LogP contribution in [0.4, 0.5) is 10.5 Å². The van der Waals surface area contributed by atoms with E-state index in [0.717, 1.165) is 30.6 Å². The van der Waals surface area contributed by atoms with Gasteiger partial charge in [-0.1, -0.05) is 35.5 Å². The number of aromatic nitrogens is 2. The van der Waals surface area contributed by atoms with Crippen LogP contribution >= 0.6 is 0 Å². The first-order valence-corrected chi connectivity index (χ1v) is 9.35. The average Bonchev–Trinajstić information content (AvgIpc) is 3.25. The van der Waals surface area contributed by atoms with Gasteiger partial charge < -0.3 is 19.5 Å². The van der Waals surface area contributed by atoms with E-state index < -0.39 is 0 Å². The lowest BCUT2D eigenvalue weighted by Crippen LogP contribution is -2.41. The minimum absolute atomic E-state index is 0.172. The quantitative estimate of drug-likeness (QED) is 0.723. The monoisotopic (exact) mass is 378 g/mol. The van der Waals surface area contributed by atoms with Gasteiger partial charge in [0.1, 0.15) is 11.8 Å². The van der Waals surface area contributed by atoms with Gasteiger partial charge in [0.15, 0.2) is 0 Å². The topological polar surface area (TPSA) is 80.5 Å². The molecule has 7 nitrogen and oxygen atoms in total. The van der Waals surface area contributed by atoms with E-state index in [9.17, 15) is 4.79 Å². The Balaban J connectivity index is 1.51. The summed E-state index contributed by atoms with van der Waals surface area (Å²) in [5, 5.41) is 7.04. The van der Waals surface area contributed by atoms with Crippen molar-refractivity contribution in [2.75, 3.05) is 19.0 Å². The molecule has 4 rings (SSSR count). The van der Waals surface area contributed by atoms with Crippen molar-refractivity contribution >= 4 is 11.7 Å². The van der Waals surface area contributed by atoms with E-state index in [4.69, 9.17) is 9.26 Å². The lowest BCUT2D eigenvalue weighted by molar-refractivity contribution is 0.142. The zero-order valence-corrected chi connectivity index (χ0v) is 15.7. The Hall–Kier alpha value is -3.35. The van der Waals surface area contributed by atoms with Crippen molar-refractivity contribution in [2.24, 2.45) is 0 Å². The smallest absolute Gasteiger partial charge is 0.322 e. The molecule has 1 N–H and O–H groups in total. The number of benzene rings is 2. The fraction of sp³-hybridized carbons (Fsp3) is 0.286. The van der Waals surface area contributed by atoms with Gasteiger partial charge in [-0.25, -0.2) is 4.79 Å². The third-order valence-electron chi connectivity index (χ3n) is 4.86. The third kappa shape index (κ3) is 3.83. The van der Waals surface area contributed by atoms with Gasteiger partial charge in [0, 0.05) is 17.8 Å². The van der Waals surface area contributed by atoms with Gasteiger partial charge >= 0.3 is 6.03 Å². The lowest BCUT2D eigenvalue weighted by atomic mass is 10.0. The predicted molar refractivity (Wildman–Crippen MR) is 105 cm³/mol. The lowest BCUT2D eigenvalue weighted by Gasteiger charge is -2.33. The van der Waals surface area contributed by atoms with Gasteiger partial charge in [-0.05, 0) is 43.5 Å². The second kappa shape index (κ2) is 8.12. The number of nitrogens with one attached hydrogen (secondary N) is 1. The maximum absolute atomic E-state index is 12.9. The SMILES string of the molecule is COc1ccc(NC(=O)N2CCCCC2c2nc(-c3ccccc3)no2)cc1. The van der Waals surface area contributed by atoms with E-state index in [1.54, 1.807) is 12.0 Å². The summed E-state index contributed by atoms with van der Waals surface area (Å²) in [7, 11) is 1.61. The van der Waals surface area contributed by atoms with Crippen molar-refractivity contribution in [3.8, 4) is 17.1 Å². The second-order valence-corrected chi connectivity index (χ2v) is 6.69. The van der Waals surface area contributed by atoms with Crippen LogP contribution < -0.4 is 10.1 Å². The standard InChI is InChI=1S/C21H22N4O3/c1-27-17-12-10-16(11-13-17)22-21(26)25-14-6-5-9-18(25)20-23-19(24-28-20)15-7-3-2-4-8-15/h2-4,7-8,10-13,18H,5-6,9,14H2,1H3,(H,22,26). The van der Waals surface area contributed by atoms with Crippen LogP contribution in [0, 0.1) is 0 Å². The van der Waals surface area contributed by atoms with Crippen LogP contribution in [0.2, 0.25) is 0 Å². The van der Waals surface area contributed by atoms with Crippen molar-refractivity contribution in [1.29, 1.82) is 0 Å². The molecule has 1 aromatic heterocycles. The van der Waals surface area contributed by atoms with Crippen molar-refractivity contribution in [1.82, 2.24) is 15.0 Å². The summed E-state index contributed by atoms with van der Waals surface area (Å²) < 4.78 is 10.7. The van der Waals surface area contributed by atoms with E-state index in [1.165, 1.54) is 0 Å². The Kier molecular flexibility index (Phi) is 5.23. The summed E-state index contributed by atoms with van der Waals surface area (Å²) >= 11 is 0. The summed E-state index contributed by atoms with van der Waals surface area (Å²) in [5.74, 6) is 1.76. The first-order chi connectivity index (χ1) is 13.7. The Bertz CT molecular complexity index is 924. The highest BCUT2D eigenvalue weighted by atomic mass is 16.5. The van der Waals surface area contributed by atoms with E-state index >= 15 is 0 Å². The Morgan fingerprint density at radius 1 is 1.14 bits per heavy atom. The van der Waals surface area contributed by atoms with E-state index in [0.29, 0.717) is 23.9 Å². The molecule has 2 heterocycles. The molecule has 1 aliphatic heterocycles. The van der Waals surface area contributed by atoms with Crippen LogP contribution in [0.15, 0.2) is 59.1 Å². The first-order valence-electron chi connectivity index (χ1n) is 9.35. The highest BCUT2D eigenvalue weighted by Gasteiger charge is 2.32. The van der Waals surface area contributed by atoms with Gasteiger partial charge in [0.2, 0.25) is 11.7 Å². The highest BCUT2D eigenvalue weighted by molar-refractivity contribution is 5.89. The van der Waals surface area contributed by atoms with Crippen LogP contribution in [-0.2, 0) is 0 Å². The van der Waals surface area contributed by atoms with Crippen LogP contribution in [-0.4, -0.2) is 34.7 Å². The molecule has 1 fully saturated rings. The zero-order chi connectivity index (χ0) is 19.3. The third-order valence-corrected chi connectivity index (χ3v) is 4.86. The van der Waals surface area contributed by atoms with Crippen LogP contribution in [0.25, 0.3) is 11.4 Å². The molecule has 1 atom stereocenters. The minimum atomic E-state index is -0.225. The number of rotatable bonds is 4. The normalized spacial score (nSPS) is 16.6. The van der Waals surface area contributed by atoms with Crippen LogP contribution in [0.3, 0.4) is 0 Å². The molecule has 7 heteroatoms. The number of carbonyl (C=O) groups excluding carboxylic acids is 1. The summed E-state index contributed by atoms with van der Waals surface area (Å²) in [6.07, 6.45) is 2.76. The zero-order valence-electron chi connectivity index (χ0n) is 15.7. The summed E-state index contributed by atoms with van der Waals surface area (Å²) in [6.45, 7) is 0.649. The molecule has 1 aliphatic rings. The molecule has 28 heavy (non-hydrogen) atoms. The molecule has 2 amide bonds. The van der Waals surface area contributed by atoms with E-state index in [-0.39, 0.29) is 12.1 Å². The number of piperidine rings is 1. The molecular formula is C21H22N4O3. The number of carbonyl (C=O) groups is 1. The number of hydrogen-bond donors (Lipinski definition) is 1. The van der Waals surface area contributed by atoms with Crippen molar-refractivity contribution in [3.05, 3.63) is 60.5 Å². The molecule has 0 radical (unpaired) electrons. The van der Waals surface area contributed by atoms with Crippen molar-refractivity contribution in [3.63, 3.8) is 0 Å². The maximum atomic E-state index is 12.9. The molecule has 1 unspecified atom stereocenters. The number of amides is 2. The number of nitrogens with zero attached hydrogens (tertiary/aromatic N) is 3. The number of ether oxygens (including phenoxy) is 1. The molecule has 2 aromatic carbocycles. The highest BCUT2D eigenvalue weighted by Crippen LogP contribution is 2.31. The fourth-order valence-corrected chi connectivity index (χ4v) is 3.38. The molecule has 3 aromatic rings. The Morgan fingerprint density at radius 2 is 1.93 bits per heavy atom. The molecule has 1 saturated heterocycles. The van der Waals surface area contributed by atoms with Crippen molar-refractivity contribution in [2.45, 2.75) is 25.3 Å². The minimum Gasteiger partial charge on any atom is -0.497 e. The van der Waals surface area contributed by atoms with Gasteiger partial charge in [0.25, 0.3) is 0 Å². The Labute approximate surface area is 163 Å². The summed E-state index contributed by atoms with van der Waals surface area (Å²) in [5.41, 5.74) is 1.60. The van der Waals surface area contributed by atoms with Crippen LogP contribution in [0.1, 0.15) is 31.2 Å². The number of anilines is 1. The van der Waals surface area contributed by atoms with Gasteiger partial charge in [-0.15, -0.1) is 0 Å². The molecule has 0 spiro atoms. The largest absolute Gasteiger partial charge is 0.497 e. The average molecular weight is 378 g/mol. The number of hydrogen-bond acceptors (Lipinski definition) is 5.